The Bertz CT molecular complexity index is 561. The maximum absolute atomic E-state index is 11.0. The Hall–Kier alpha value is -1.16. The number of allylic oxidation sites excluding steroid dienone is 3. The van der Waals surface area contributed by atoms with Gasteiger partial charge in [0.15, 0.2) is 0 Å². The first-order valence-electron chi connectivity index (χ1n) is 10.2. The van der Waals surface area contributed by atoms with Crippen molar-refractivity contribution in [2.45, 2.75) is 77.0 Å². The van der Waals surface area contributed by atoms with Gasteiger partial charge < -0.3 is 15.6 Å². The van der Waals surface area contributed by atoms with Crippen molar-refractivity contribution in [3.63, 3.8) is 0 Å². The van der Waals surface area contributed by atoms with E-state index >= 15 is 0 Å². The molecule has 2 rings (SSSR count). The van der Waals surface area contributed by atoms with Crippen molar-refractivity contribution in [3.8, 4) is 0 Å². The van der Waals surface area contributed by atoms with Crippen LogP contribution in [0.15, 0.2) is 47.6 Å². The van der Waals surface area contributed by atoms with Crippen LogP contribution in [-0.2, 0) is 4.74 Å². The van der Waals surface area contributed by atoms with E-state index in [4.69, 9.17) is 10.5 Å². The van der Waals surface area contributed by atoms with Gasteiger partial charge in [0.1, 0.15) is 0 Å². The molecule has 0 radical (unpaired) electrons. The molecule has 0 spiro atoms. The van der Waals surface area contributed by atoms with Gasteiger partial charge in [0, 0.05) is 13.2 Å². The smallest absolute Gasteiger partial charge is 0.0943 e. The first kappa shape index (κ1) is 21.1. The molecule has 2 aliphatic rings. The van der Waals surface area contributed by atoms with Crippen molar-refractivity contribution < 1.29 is 9.84 Å². The summed E-state index contributed by atoms with van der Waals surface area (Å²) < 4.78 is 5.50. The minimum atomic E-state index is -0.654. The highest BCUT2D eigenvalue weighted by molar-refractivity contribution is 5.50. The van der Waals surface area contributed by atoms with Crippen LogP contribution in [0.1, 0.15) is 58.8 Å². The lowest BCUT2D eigenvalue weighted by Crippen LogP contribution is -2.39. The lowest BCUT2D eigenvalue weighted by Gasteiger charge is -2.31. The number of methoxy groups -OCH3 is 1. The van der Waals surface area contributed by atoms with Gasteiger partial charge in [-0.05, 0) is 74.2 Å². The molecule has 0 heterocycles. The molecule has 0 aromatic carbocycles. The lowest BCUT2D eigenvalue weighted by molar-refractivity contribution is 0.140. The first-order valence-corrected chi connectivity index (χ1v) is 10.2. The molecule has 1 fully saturated rings. The molecular formula is C23H37NO2. The summed E-state index contributed by atoms with van der Waals surface area (Å²) in [7, 11) is 1.73. The van der Waals surface area contributed by atoms with Crippen molar-refractivity contribution in [1.82, 2.24) is 0 Å². The number of hydrogen-bond donors (Lipinski definition) is 2. The van der Waals surface area contributed by atoms with Gasteiger partial charge >= 0.3 is 0 Å². The van der Waals surface area contributed by atoms with E-state index < -0.39 is 6.10 Å². The molecule has 3 N–H and O–H groups in total. The maximum Gasteiger partial charge on any atom is 0.0943 e. The van der Waals surface area contributed by atoms with Crippen molar-refractivity contribution in [1.29, 1.82) is 0 Å². The molecule has 1 saturated carbocycles. The largest absolute Gasteiger partial charge is 0.387 e. The number of nitrogens with two attached hydrogens (primary N) is 1. The molecule has 5 atom stereocenters. The normalized spacial score (nSPS) is 30.0. The molecule has 0 bridgehead atoms. The lowest BCUT2D eigenvalue weighted by atomic mass is 9.80. The summed E-state index contributed by atoms with van der Waals surface area (Å²) in [6.07, 6.45) is 15.8. The van der Waals surface area contributed by atoms with Crippen molar-refractivity contribution in [2.75, 3.05) is 7.11 Å². The van der Waals surface area contributed by atoms with Gasteiger partial charge in [-0.1, -0.05) is 37.5 Å². The molecule has 4 unspecified atom stereocenters. The van der Waals surface area contributed by atoms with Crippen LogP contribution in [0.5, 0.6) is 0 Å². The maximum atomic E-state index is 11.0. The third kappa shape index (κ3) is 5.18. The highest BCUT2D eigenvalue weighted by Crippen LogP contribution is 2.35. The number of hydrogen-bond acceptors (Lipinski definition) is 3. The highest BCUT2D eigenvalue weighted by Gasteiger charge is 2.29. The van der Waals surface area contributed by atoms with E-state index in [-0.39, 0.29) is 12.1 Å². The first-order chi connectivity index (χ1) is 12.5. The molecule has 0 aromatic rings. The summed E-state index contributed by atoms with van der Waals surface area (Å²) >= 11 is 0. The van der Waals surface area contributed by atoms with Crippen LogP contribution in [0, 0.1) is 11.8 Å². The molecular weight excluding hydrogens is 322 g/mol. The van der Waals surface area contributed by atoms with E-state index in [1.54, 1.807) is 7.11 Å². The minimum Gasteiger partial charge on any atom is -0.387 e. The number of rotatable bonds is 7. The van der Waals surface area contributed by atoms with Gasteiger partial charge in [-0.25, -0.2) is 0 Å². The van der Waals surface area contributed by atoms with Crippen molar-refractivity contribution in [3.05, 3.63) is 47.6 Å². The Labute approximate surface area is 159 Å². The molecule has 26 heavy (non-hydrogen) atoms. The summed E-state index contributed by atoms with van der Waals surface area (Å²) in [6.45, 7) is 8.11. The average Bonchev–Trinajstić information content (AvgIpc) is 2.88. The summed E-state index contributed by atoms with van der Waals surface area (Å²) in [4.78, 5) is 0. The SMILES string of the molecule is C=CC1CCCCCC1C[C@@H](N)C(O)/C(=C/C)C1=CC(OC)CC=C1C. The van der Waals surface area contributed by atoms with E-state index in [0.29, 0.717) is 11.8 Å². The fourth-order valence-electron chi connectivity index (χ4n) is 4.49. The zero-order chi connectivity index (χ0) is 19.1. The predicted octanol–water partition coefficient (Wildman–Crippen LogP) is 4.68. The monoisotopic (exact) mass is 359 g/mol. The Morgan fingerprint density at radius 1 is 1.38 bits per heavy atom. The molecule has 3 nitrogen and oxygen atoms in total. The van der Waals surface area contributed by atoms with Gasteiger partial charge in [-0.2, -0.15) is 0 Å². The van der Waals surface area contributed by atoms with Gasteiger partial charge in [0.05, 0.1) is 12.2 Å². The van der Waals surface area contributed by atoms with Crippen LogP contribution in [0.3, 0.4) is 0 Å². The van der Waals surface area contributed by atoms with Crippen LogP contribution >= 0.6 is 0 Å². The molecule has 0 saturated heterocycles. The third-order valence-electron chi connectivity index (χ3n) is 6.18. The number of aliphatic hydroxyl groups excluding tert-OH is 1. The second-order valence-electron chi connectivity index (χ2n) is 7.86. The van der Waals surface area contributed by atoms with E-state index in [1.807, 2.05) is 13.0 Å². The topological polar surface area (TPSA) is 55.5 Å². The van der Waals surface area contributed by atoms with Gasteiger partial charge in [-0.3, -0.25) is 0 Å². The van der Waals surface area contributed by atoms with Gasteiger partial charge in [-0.15, -0.1) is 6.58 Å². The summed E-state index contributed by atoms with van der Waals surface area (Å²) in [6, 6.07) is -0.261. The van der Waals surface area contributed by atoms with Crippen LogP contribution in [-0.4, -0.2) is 30.5 Å². The number of ether oxygens (including phenoxy) is 1. The molecule has 0 aliphatic heterocycles. The predicted molar refractivity (Wildman–Crippen MR) is 110 cm³/mol. The van der Waals surface area contributed by atoms with E-state index in [0.717, 1.165) is 24.0 Å². The summed E-state index contributed by atoms with van der Waals surface area (Å²) in [5.41, 5.74) is 9.71. The van der Waals surface area contributed by atoms with Crippen LogP contribution in [0.4, 0.5) is 0 Å². The van der Waals surface area contributed by atoms with E-state index in [2.05, 4.69) is 31.7 Å². The zero-order valence-electron chi connectivity index (χ0n) is 16.8. The highest BCUT2D eigenvalue weighted by atomic mass is 16.5. The van der Waals surface area contributed by atoms with Crippen LogP contribution < -0.4 is 5.73 Å². The molecule has 0 amide bonds. The van der Waals surface area contributed by atoms with Crippen LogP contribution in [0.25, 0.3) is 0 Å². The van der Waals surface area contributed by atoms with Gasteiger partial charge in [0.2, 0.25) is 0 Å². The van der Waals surface area contributed by atoms with Crippen molar-refractivity contribution in [2.24, 2.45) is 17.6 Å². The summed E-state index contributed by atoms with van der Waals surface area (Å²) in [5.74, 6) is 1.06. The van der Waals surface area contributed by atoms with E-state index in [9.17, 15) is 5.11 Å². The Morgan fingerprint density at radius 3 is 2.77 bits per heavy atom. The summed E-state index contributed by atoms with van der Waals surface area (Å²) in [5, 5.41) is 11.0. The Morgan fingerprint density at radius 2 is 2.12 bits per heavy atom. The standard InChI is InChI=1S/C23H37NO2/c1-5-17-10-8-7-9-11-18(17)14-22(24)23(25)20(6-2)21-15-19(26-4)13-12-16(21)3/h5-6,12,15,17-19,22-23,25H,1,7-11,13-14,24H2,2-4H3/b20-6+/t17?,18?,19?,22-,23?/m1/s1. The zero-order valence-corrected chi connectivity index (χ0v) is 16.8. The Kier molecular flexibility index (Phi) is 8.33. The quantitative estimate of drug-likeness (QED) is 0.512. The Balaban J connectivity index is 2.11. The second-order valence-corrected chi connectivity index (χ2v) is 7.86. The fraction of sp³-hybridized carbons (Fsp3) is 0.652. The molecule has 3 heteroatoms. The average molecular weight is 360 g/mol. The molecule has 2 aliphatic carbocycles. The van der Waals surface area contributed by atoms with E-state index in [1.165, 1.54) is 37.7 Å². The van der Waals surface area contributed by atoms with Crippen molar-refractivity contribution >= 4 is 0 Å². The second kappa shape index (κ2) is 10.2. The molecule has 0 aromatic heterocycles. The number of aliphatic hydroxyl groups is 1. The molecule has 146 valence electrons. The minimum absolute atomic E-state index is 0.0686. The van der Waals surface area contributed by atoms with Crippen LogP contribution in [0.2, 0.25) is 0 Å². The fourth-order valence-corrected chi connectivity index (χ4v) is 4.49. The third-order valence-corrected chi connectivity index (χ3v) is 6.18. The van der Waals surface area contributed by atoms with Gasteiger partial charge in [0.25, 0.3) is 0 Å².